The first kappa shape index (κ1) is 15.7. The summed E-state index contributed by atoms with van der Waals surface area (Å²) in [6.45, 7) is 1.46. The van der Waals surface area contributed by atoms with Crippen LogP contribution in [0.3, 0.4) is 0 Å². The summed E-state index contributed by atoms with van der Waals surface area (Å²) in [5, 5.41) is 3.44. The fraction of sp³-hybridized carbons (Fsp3) is 0.750. The molecule has 5 fully saturated rings. The maximum atomic E-state index is 12.8. The van der Waals surface area contributed by atoms with Crippen LogP contribution in [-0.4, -0.2) is 39.9 Å². The van der Waals surface area contributed by atoms with Gasteiger partial charge in [-0.15, -0.1) is 0 Å². The van der Waals surface area contributed by atoms with Crippen molar-refractivity contribution in [2.75, 3.05) is 13.1 Å². The third-order valence-electron chi connectivity index (χ3n) is 7.15. The van der Waals surface area contributed by atoms with Gasteiger partial charge in [-0.1, -0.05) is 0 Å². The molecular weight excluding hydrogens is 312 g/mol. The van der Waals surface area contributed by atoms with E-state index in [1.54, 1.807) is 12.4 Å². The molecule has 4 saturated carbocycles. The molecule has 1 aromatic rings. The lowest BCUT2D eigenvalue weighted by molar-refractivity contribution is -0.126. The quantitative estimate of drug-likeness (QED) is 0.915. The van der Waals surface area contributed by atoms with Crippen molar-refractivity contribution in [1.29, 1.82) is 0 Å². The summed E-state index contributed by atoms with van der Waals surface area (Å²) in [6, 6.07) is 2.49. The highest BCUT2D eigenvalue weighted by atomic mass is 16.2. The van der Waals surface area contributed by atoms with Crippen molar-refractivity contribution in [3.8, 4) is 0 Å². The van der Waals surface area contributed by atoms with E-state index in [0.717, 1.165) is 48.9 Å². The average molecular weight is 340 g/mol. The zero-order chi connectivity index (χ0) is 16.8. The SMILES string of the molecule is O=C(CN1CCCC1c1ncccn1)NC1C2CC3CC(C2)CC1C3. The molecule has 25 heavy (non-hydrogen) atoms. The van der Waals surface area contributed by atoms with Crippen LogP contribution in [-0.2, 0) is 4.79 Å². The fourth-order valence-electron chi connectivity index (χ4n) is 6.37. The van der Waals surface area contributed by atoms with Crippen LogP contribution >= 0.6 is 0 Å². The van der Waals surface area contributed by atoms with E-state index in [-0.39, 0.29) is 11.9 Å². The van der Waals surface area contributed by atoms with E-state index in [4.69, 9.17) is 0 Å². The lowest BCUT2D eigenvalue weighted by atomic mass is 9.54. The summed E-state index contributed by atoms with van der Waals surface area (Å²) in [5.41, 5.74) is 0. The van der Waals surface area contributed by atoms with Gasteiger partial charge in [0.05, 0.1) is 12.6 Å². The Balaban J connectivity index is 1.22. The molecular formula is C20H28N4O. The second-order valence-electron chi connectivity index (χ2n) is 8.76. The first-order chi connectivity index (χ1) is 12.3. The normalized spacial score (nSPS) is 39.7. The van der Waals surface area contributed by atoms with Crippen molar-refractivity contribution in [2.45, 2.75) is 57.0 Å². The molecule has 1 aromatic heterocycles. The van der Waals surface area contributed by atoms with E-state index in [2.05, 4.69) is 20.2 Å². The topological polar surface area (TPSA) is 58.1 Å². The first-order valence-corrected chi connectivity index (χ1v) is 10.1. The second kappa shape index (κ2) is 6.35. The lowest BCUT2D eigenvalue weighted by Crippen LogP contribution is -2.57. The average Bonchev–Trinajstić information content (AvgIpc) is 3.06. The van der Waals surface area contributed by atoms with Gasteiger partial charge in [-0.25, -0.2) is 9.97 Å². The molecule has 1 saturated heterocycles. The summed E-state index contributed by atoms with van der Waals surface area (Å²) in [7, 11) is 0. The van der Waals surface area contributed by atoms with Crippen LogP contribution in [0.25, 0.3) is 0 Å². The third-order valence-corrected chi connectivity index (χ3v) is 7.15. The van der Waals surface area contributed by atoms with Crippen molar-refractivity contribution < 1.29 is 4.79 Å². The summed E-state index contributed by atoms with van der Waals surface area (Å²) >= 11 is 0. The molecule has 5 aliphatic rings. The van der Waals surface area contributed by atoms with Crippen molar-refractivity contribution >= 4 is 5.91 Å². The summed E-state index contributed by atoms with van der Waals surface area (Å²) in [5.74, 6) is 4.46. The van der Waals surface area contributed by atoms with E-state index in [1.165, 1.54) is 32.1 Å². The number of likely N-dealkylation sites (tertiary alicyclic amines) is 1. The molecule has 6 rings (SSSR count). The van der Waals surface area contributed by atoms with Crippen LogP contribution in [0.5, 0.6) is 0 Å². The minimum absolute atomic E-state index is 0.199. The minimum Gasteiger partial charge on any atom is -0.352 e. The van der Waals surface area contributed by atoms with Gasteiger partial charge in [0.25, 0.3) is 0 Å². The van der Waals surface area contributed by atoms with Crippen LogP contribution in [0.4, 0.5) is 0 Å². The molecule has 1 N–H and O–H groups in total. The molecule has 1 unspecified atom stereocenters. The van der Waals surface area contributed by atoms with Gasteiger partial charge in [-0.05, 0) is 81.2 Å². The van der Waals surface area contributed by atoms with Crippen LogP contribution < -0.4 is 5.32 Å². The van der Waals surface area contributed by atoms with Crippen LogP contribution in [0.2, 0.25) is 0 Å². The van der Waals surface area contributed by atoms with E-state index in [1.807, 2.05) is 6.07 Å². The Morgan fingerprint density at radius 1 is 1.08 bits per heavy atom. The van der Waals surface area contributed by atoms with Crippen molar-refractivity contribution in [3.05, 3.63) is 24.3 Å². The Morgan fingerprint density at radius 2 is 1.76 bits per heavy atom. The van der Waals surface area contributed by atoms with Crippen LogP contribution in [0.1, 0.15) is 56.8 Å². The number of carbonyl (C=O) groups excluding carboxylic acids is 1. The molecule has 1 atom stereocenters. The number of nitrogens with zero attached hydrogens (tertiary/aromatic N) is 3. The standard InChI is InChI=1S/C20H28N4O/c25-18(12-24-6-1-3-17(24)20-21-4-2-5-22-20)23-19-15-8-13-7-14(10-15)11-16(19)9-13/h2,4-5,13-17,19H,1,3,6-12H2,(H,23,25). The molecule has 4 bridgehead atoms. The zero-order valence-electron chi connectivity index (χ0n) is 14.8. The van der Waals surface area contributed by atoms with E-state index in [9.17, 15) is 4.79 Å². The predicted molar refractivity (Wildman–Crippen MR) is 94.6 cm³/mol. The van der Waals surface area contributed by atoms with Crippen LogP contribution in [0, 0.1) is 23.7 Å². The first-order valence-electron chi connectivity index (χ1n) is 10.1. The van der Waals surface area contributed by atoms with E-state index in [0.29, 0.717) is 12.6 Å². The number of rotatable bonds is 4. The molecule has 1 amide bonds. The number of aromatic nitrogens is 2. The largest absolute Gasteiger partial charge is 0.352 e. The predicted octanol–water partition coefficient (Wildman–Crippen LogP) is 2.55. The maximum Gasteiger partial charge on any atom is 0.234 e. The molecule has 0 radical (unpaired) electrons. The monoisotopic (exact) mass is 340 g/mol. The number of hydrogen-bond acceptors (Lipinski definition) is 4. The Morgan fingerprint density at radius 3 is 2.44 bits per heavy atom. The zero-order valence-corrected chi connectivity index (χ0v) is 14.8. The summed E-state index contributed by atoms with van der Waals surface area (Å²) in [4.78, 5) is 23.9. The lowest BCUT2D eigenvalue weighted by Gasteiger charge is -2.54. The molecule has 5 nitrogen and oxygen atoms in total. The van der Waals surface area contributed by atoms with Gasteiger partial charge < -0.3 is 5.32 Å². The van der Waals surface area contributed by atoms with Crippen molar-refractivity contribution in [1.82, 2.24) is 20.2 Å². The van der Waals surface area contributed by atoms with Gasteiger partial charge in [0.15, 0.2) is 0 Å². The van der Waals surface area contributed by atoms with E-state index < -0.39 is 0 Å². The Kier molecular flexibility index (Phi) is 4.00. The fourth-order valence-corrected chi connectivity index (χ4v) is 6.37. The number of hydrogen-bond donors (Lipinski definition) is 1. The molecule has 4 aliphatic carbocycles. The molecule has 1 aliphatic heterocycles. The summed E-state index contributed by atoms with van der Waals surface area (Å²) in [6.07, 6.45) is 12.6. The maximum absolute atomic E-state index is 12.8. The van der Waals surface area contributed by atoms with Gasteiger partial charge in [-0.3, -0.25) is 9.69 Å². The minimum atomic E-state index is 0.199. The Hall–Kier alpha value is -1.49. The highest BCUT2D eigenvalue weighted by Crippen LogP contribution is 2.53. The van der Waals surface area contributed by atoms with Gasteiger partial charge in [0.2, 0.25) is 5.91 Å². The van der Waals surface area contributed by atoms with Gasteiger partial charge in [-0.2, -0.15) is 0 Å². The molecule has 0 spiro atoms. The van der Waals surface area contributed by atoms with Gasteiger partial charge >= 0.3 is 0 Å². The van der Waals surface area contributed by atoms with Gasteiger partial charge in [0.1, 0.15) is 5.82 Å². The number of amides is 1. The van der Waals surface area contributed by atoms with E-state index >= 15 is 0 Å². The smallest absolute Gasteiger partial charge is 0.234 e. The molecule has 2 heterocycles. The Bertz CT molecular complexity index is 606. The molecule has 5 heteroatoms. The third kappa shape index (κ3) is 2.97. The highest BCUT2D eigenvalue weighted by molar-refractivity contribution is 5.78. The number of carbonyl (C=O) groups is 1. The van der Waals surface area contributed by atoms with Crippen LogP contribution in [0.15, 0.2) is 18.5 Å². The number of nitrogens with one attached hydrogen (secondary N) is 1. The Labute approximate surface area is 149 Å². The van der Waals surface area contributed by atoms with Crippen molar-refractivity contribution in [2.24, 2.45) is 23.7 Å². The van der Waals surface area contributed by atoms with Crippen molar-refractivity contribution in [3.63, 3.8) is 0 Å². The summed E-state index contributed by atoms with van der Waals surface area (Å²) < 4.78 is 0. The van der Waals surface area contributed by atoms with Gasteiger partial charge in [0, 0.05) is 18.4 Å². The molecule has 0 aromatic carbocycles. The second-order valence-corrected chi connectivity index (χ2v) is 8.76. The molecule has 134 valence electrons. The highest BCUT2D eigenvalue weighted by Gasteiger charge is 2.48.